The van der Waals surface area contributed by atoms with Gasteiger partial charge in [-0.3, -0.25) is 14.5 Å². The van der Waals surface area contributed by atoms with E-state index in [9.17, 15) is 9.59 Å². The van der Waals surface area contributed by atoms with Gasteiger partial charge in [-0.15, -0.1) is 5.10 Å². The molecule has 37 heavy (non-hydrogen) atoms. The predicted molar refractivity (Wildman–Crippen MR) is 137 cm³/mol. The lowest BCUT2D eigenvalue weighted by Gasteiger charge is -2.33. The van der Waals surface area contributed by atoms with E-state index in [0.29, 0.717) is 23.3 Å². The highest BCUT2D eigenvalue weighted by atomic mass is 19.1. The first-order valence-electron chi connectivity index (χ1n) is 12.3. The number of hydrogen-bond acceptors (Lipinski definition) is 5. The summed E-state index contributed by atoms with van der Waals surface area (Å²) in [6.45, 7) is 2.60. The number of aryl methyl sites for hydroxylation is 1. The first-order valence-corrected chi connectivity index (χ1v) is 12.3. The molecule has 1 aliphatic rings. The molecule has 0 saturated carbocycles. The van der Waals surface area contributed by atoms with Gasteiger partial charge in [0, 0.05) is 24.4 Å². The summed E-state index contributed by atoms with van der Waals surface area (Å²) in [5, 5.41) is 11.2. The number of nitrogens with zero attached hydrogens (tertiary/aromatic N) is 4. The number of aromatic nitrogens is 3. The second kappa shape index (κ2) is 10.9. The van der Waals surface area contributed by atoms with Gasteiger partial charge in [0.2, 0.25) is 11.8 Å². The summed E-state index contributed by atoms with van der Waals surface area (Å²) in [5.41, 5.74) is 2.72. The number of anilines is 1. The van der Waals surface area contributed by atoms with Gasteiger partial charge in [0.25, 0.3) is 0 Å². The maximum Gasteiger partial charge on any atom is 0.249 e. The van der Waals surface area contributed by atoms with Gasteiger partial charge in [-0.05, 0) is 49.6 Å². The van der Waals surface area contributed by atoms with Crippen molar-refractivity contribution in [3.05, 3.63) is 89.7 Å². The Kier molecular flexibility index (Phi) is 7.23. The third-order valence-electron chi connectivity index (χ3n) is 6.58. The molecule has 0 bridgehead atoms. The van der Waals surface area contributed by atoms with Crippen molar-refractivity contribution < 1.29 is 18.7 Å². The molecule has 1 saturated heterocycles. The number of halogens is 1. The molecule has 1 aliphatic heterocycles. The monoisotopic (exact) mass is 501 g/mol. The van der Waals surface area contributed by atoms with E-state index in [1.54, 1.807) is 24.3 Å². The molecule has 1 N–H and O–H groups in total. The molecule has 5 rings (SSSR count). The Labute approximate surface area is 214 Å². The standard InChI is InChI=1S/C28H28FN5O3/c1-19-9-2-6-14-24(19)34(26(35)18-33-25-15-7-5-13-23(25)31-32-33)27(21-11-3-4-12-22(21)29)28(36)30-17-20-10-8-16-37-20/h2-7,9,11-15,20,27H,8,10,16-18H2,1H3,(H,30,36)/t20-,27+/m1/s1. The summed E-state index contributed by atoms with van der Waals surface area (Å²) in [6, 6.07) is 19.4. The predicted octanol–water partition coefficient (Wildman–Crippen LogP) is 3.95. The summed E-state index contributed by atoms with van der Waals surface area (Å²) in [6.07, 6.45) is 1.66. The topological polar surface area (TPSA) is 89.4 Å². The number of benzene rings is 3. The van der Waals surface area contributed by atoms with Crippen LogP contribution in [0.5, 0.6) is 0 Å². The molecule has 2 atom stereocenters. The highest BCUT2D eigenvalue weighted by molar-refractivity contribution is 6.02. The third-order valence-corrected chi connectivity index (χ3v) is 6.58. The highest BCUT2D eigenvalue weighted by Crippen LogP contribution is 2.32. The minimum absolute atomic E-state index is 0.102. The van der Waals surface area contributed by atoms with Crippen LogP contribution in [0.1, 0.15) is 30.0 Å². The minimum Gasteiger partial charge on any atom is -0.376 e. The molecule has 4 aromatic rings. The number of nitrogens with one attached hydrogen (secondary N) is 1. The van der Waals surface area contributed by atoms with Crippen LogP contribution in [0.25, 0.3) is 11.0 Å². The van der Waals surface area contributed by atoms with Crippen molar-refractivity contribution in [3.8, 4) is 0 Å². The summed E-state index contributed by atoms with van der Waals surface area (Å²) < 4.78 is 22.3. The van der Waals surface area contributed by atoms with Crippen molar-refractivity contribution >= 4 is 28.5 Å². The van der Waals surface area contributed by atoms with Crippen molar-refractivity contribution in [2.75, 3.05) is 18.1 Å². The van der Waals surface area contributed by atoms with E-state index in [2.05, 4.69) is 15.6 Å². The van der Waals surface area contributed by atoms with Crippen molar-refractivity contribution in [1.82, 2.24) is 20.3 Å². The zero-order valence-electron chi connectivity index (χ0n) is 20.5. The van der Waals surface area contributed by atoms with Crippen molar-refractivity contribution in [3.63, 3.8) is 0 Å². The average Bonchev–Trinajstić information content (AvgIpc) is 3.57. The smallest absolute Gasteiger partial charge is 0.249 e. The first kappa shape index (κ1) is 24.6. The van der Waals surface area contributed by atoms with Gasteiger partial charge >= 0.3 is 0 Å². The molecule has 9 heteroatoms. The van der Waals surface area contributed by atoms with E-state index in [0.717, 1.165) is 18.4 Å². The van der Waals surface area contributed by atoms with Gasteiger partial charge in [-0.2, -0.15) is 0 Å². The van der Waals surface area contributed by atoms with E-state index < -0.39 is 23.7 Å². The molecular weight excluding hydrogens is 473 g/mol. The molecule has 0 radical (unpaired) electrons. The number of ether oxygens (including phenoxy) is 1. The Morgan fingerprint density at radius 1 is 1.11 bits per heavy atom. The number of carbonyl (C=O) groups excluding carboxylic acids is 2. The van der Waals surface area contributed by atoms with Gasteiger partial charge in [0.05, 0.1) is 11.6 Å². The van der Waals surface area contributed by atoms with Gasteiger partial charge in [0.15, 0.2) is 0 Å². The maximum atomic E-state index is 15.2. The van der Waals surface area contributed by atoms with E-state index in [-0.39, 0.29) is 24.8 Å². The molecule has 1 fully saturated rings. The first-order chi connectivity index (χ1) is 18.0. The van der Waals surface area contributed by atoms with Gasteiger partial charge < -0.3 is 10.1 Å². The minimum atomic E-state index is -1.24. The number of rotatable bonds is 8. The lowest BCUT2D eigenvalue weighted by molar-refractivity contribution is -0.127. The molecule has 1 aromatic heterocycles. The highest BCUT2D eigenvalue weighted by Gasteiger charge is 2.36. The summed E-state index contributed by atoms with van der Waals surface area (Å²) in [5.74, 6) is -1.48. The van der Waals surface area contributed by atoms with Crippen molar-refractivity contribution in [1.29, 1.82) is 0 Å². The SMILES string of the molecule is Cc1ccccc1N(C(=O)Cn1nnc2ccccc21)[C@H](C(=O)NC[C@H]1CCCO1)c1ccccc1F. The van der Waals surface area contributed by atoms with Gasteiger partial charge in [-0.1, -0.05) is 53.7 Å². The quantitative estimate of drug-likeness (QED) is 0.395. The van der Waals surface area contributed by atoms with Crippen molar-refractivity contribution in [2.24, 2.45) is 0 Å². The maximum absolute atomic E-state index is 15.2. The zero-order valence-corrected chi connectivity index (χ0v) is 20.5. The molecular formula is C28H28FN5O3. The Hall–Kier alpha value is -4.11. The Morgan fingerprint density at radius 3 is 2.65 bits per heavy atom. The van der Waals surface area contributed by atoms with Crippen LogP contribution in [0.4, 0.5) is 10.1 Å². The third kappa shape index (κ3) is 5.22. The summed E-state index contributed by atoms with van der Waals surface area (Å²) >= 11 is 0. The van der Waals surface area contributed by atoms with Crippen LogP contribution < -0.4 is 10.2 Å². The number of amides is 2. The van der Waals surface area contributed by atoms with Crippen LogP contribution in [0.15, 0.2) is 72.8 Å². The van der Waals surface area contributed by atoms with Crippen LogP contribution >= 0.6 is 0 Å². The Bertz CT molecular complexity index is 1420. The number of hydrogen-bond donors (Lipinski definition) is 1. The van der Waals surface area contributed by atoms with Gasteiger partial charge in [0.1, 0.15) is 23.9 Å². The molecule has 0 spiro atoms. The summed E-state index contributed by atoms with van der Waals surface area (Å²) in [7, 11) is 0. The van der Waals surface area contributed by atoms with Crippen molar-refractivity contribution in [2.45, 2.75) is 38.5 Å². The van der Waals surface area contributed by atoms with E-state index in [1.165, 1.54) is 21.7 Å². The molecule has 0 unspecified atom stereocenters. The summed E-state index contributed by atoms with van der Waals surface area (Å²) in [4.78, 5) is 29.1. The van der Waals surface area contributed by atoms with Crippen LogP contribution in [0, 0.1) is 12.7 Å². The number of carbonyl (C=O) groups is 2. The van der Waals surface area contributed by atoms with E-state index in [4.69, 9.17) is 4.74 Å². The largest absolute Gasteiger partial charge is 0.376 e. The fourth-order valence-electron chi connectivity index (χ4n) is 4.70. The fraction of sp³-hybridized carbons (Fsp3) is 0.286. The van der Waals surface area contributed by atoms with E-state index >= 15 is 4.39 Å². The lowest BCUT2D eigenvalue weighted by atomic mass is 10.0. The Morgan fingerprint density at radius 2 is 1.86 bits per heavy atom. The van der Waals surface area contributed by atoms with Crippen LogP contribution in [-0.2, 0) is 20.9 Å². The number of fused-ring (bicyclic) bond motifs is 1. The normalized spacial score (nSPS) is 16.0. The van der Waals surface area contributed by atoms with Crippen LogP contribution in [0.3, 0.4) is 0 Å². The zero-order chi connectivity index (χ0) is 25.8. The van der Waals surface area contributed by atoms with E-state index in [1.807, 2.05) is 43.3 Å². The molecule has 190 valence electrons. The molecule has 0 aliphatic carbocycles. The molecule has 8 nitrogen and oxygen atoms in total. The molecule has 2 amide bonds. The number of para-hydroxylation sites is 2. The van der Waals surface area contributed by atoms with Crippen LogP contribution in [-0.4, -0.2) is 46.1 Å². The fourth-order valence-corrected chi connectivity index (χ4v) is 4.70. The average molecular weight is 502 g/mol. The molecule has 3 aromatic carbocycles. The van der Waals surface area contributed by atoms with Gasteiger partial charge in [-0.25, -0.2) is 9.07 Å². The van der Waals surface area contributed by atoms with Crippen LogP contribution in [0.2, 0.25) is 0 Å². The molecule has 2 heterocycles. The second-order valence-electron chi connectivity index (χ2n) is 9.09. The second-order valence-corrected chi connectivity index (χ2v) is 9.09. The Balaban J connectivity index is 1.56. The lowest BCUT2D eigenvalue weighted by Crippen LogP contribution is -2.47.